The molecule has 0 aliphatic carbocycles. The molecule has 1 aromatic heterocycles. The number of anilines is 1. The van der Waals surface area contributed by atoms with Gasteiger partial charge in [0.05, 0.1) is 0 Å². The Hall–Kier alpha value is -1.87. The van der Waals surface area contributed by atoms with E-state index in [1.807, 2.05) is 36.5 Å². The molecule has 82 valence electrons. The average Bonchev–Trinajstić information content (AvgIpc) is 2.35. The van der Waals surface area contributed by atoms with Gasteiger partial charge in [-0.15, -0.1) is 0 Å². The second kappa shape index (κ2) is 5.28. The summed E-state index contributed by atoms with van der Waals surface area (Å²) in [5.41, 5.74) is 5.37. The van der Waals surface area contributed by atoms with Crippen molar-refractivity contribution in [3.8, 4) is 0 Å². The van der Waals surface area contributed by atoms with Crippen molar-refractivity contribution in [2.75, 3.05) is 18.4 Å². The first-order chi connectivity index (χ1) is 7.92. The summed E-state index contributed by atoms with van der Waals surface area (Å²) in [6.45, 7) is 1.32. The van der Waals surface area contributed by atoms with Gasteiger partial charge in [0.2, 0.25) is 0 Å². The number of benzene rings is 1. The Bertz CT molecular complexity index is 486. The Morgan fingerprint density at radius 1 is 1.19 bits per heavy atom. The fourth-order valence-electron chi connectivity index (χ4n) is 1.60. The van der Waals surface area contributed by atoms with Crippen molar-refractivity contribution in [1.82, 2.24) is 4.98 Å². The van der Waals surface area contributed by atoms with Crippen LogP contribution in [0.5, 0.6) is 0 Å². The van der Waals surface area contributed by atoms with E-state index in [-0.39, 0.29) is 0 Å². The van der Waals surface area contributed by atoms with Crippen LogP contribution < -0.4 is 11.1 Å². The van der Waals surface area contributed by atoms with E-state index in [9.17, 15) is 0 Å². The summed E-state index contributed by atoms with van der Waals surface area (Å²) in [4.78, 5) is 4.33. The Morgan fingerprint density at radius 2 is 2.06 bits per heavy atom. The monoisotopic (exact) mass is 213 g/mol. The molecule has 0 bridgehead atoms. The topological polar surface area (TPSA) is 50.9 Å². The molecular weight excluding hydrogens is 198 g/mol. The summed E-state index contributed by atoms with van der Waals surface area (Å²) in [6, 6.07) is 10.2. The van der Waals surface area contributed by atoms with Crippen molar-refractivity contribution < 1.29 is 0 Å². The minimum atomic E-state index is 0.574. The van der Waals surface area contributed by atoms with Gasteiger partial charge in [0.1, 0.15) is 5.82 Å². The number of fused-ring (bicyclic) bond motifs is 1. The maximum Gasteiger partial charge on any atom is 0.134 e. The molecule has 3 nitrogen and oxygen atoms in total. The zero-order chi connectivity index (χ0) is 11.2. The van der Waals surface area contributed by atoms with E-state index in [0.717, 1.165) is 17.7 Å². The first-order valence-corrected chi connectivity index (χ1v) is 5.34. The van der Waals surface area contributed by atoms with Gasteiger partial charge < -0.3 is 11.1 Å². The Balaban J connectivity index is 2.20. The molecule has 1 aromatic carbocycles. The Morgan fingerprint density at radius 3 is 2.94 bits per heavy atom. The molecule has 3 heteroatoms. The molecule has 0 radical (unpaired) electrons. The normalized spacial score (nSPS) is 11.1. The van der Waals surface area contributed by atoms with E-state index >= 15 is 0 Å². The number of hydrogen-bond acceptors (Lipinski definition) is 3. The van der Waals surface area contributed by atoms with Crippen LogP contribution in [-0.4, -0.2) is 18.1 Å². The number of pyridine rings is 1. The van der Waals surface area contributed by atoms with Crippen LogP contribution in [0, 0.1) is 0 Å². The summed E-state index contributed by atoms with van der Waals surface area (Å²) in [5.74, 6) is 0.916. The largest absolute Gasteiger partial charge is 0.366 e. The molecule has 0 unspecified atom stereocenters. The molecule has 0 spiro atoms. The lowest BCUT2D eigenvalue weighted by atomic mass is 10.1. The summed E-state index contributed by atoms with van der Waals surface area (Å²) >= 11 is 0. The lowest BCUT2D eigenvalue weighted by Crippen LogP contribution is -2.02. The SMILES string of the molecule is NC/C=C/CNc1nccc2ccccc12. The third-order valence-electron chi connectivity index (χ3n) is 2.36. The highest BCUT2D eigenvalue weighted by Gasteiger charge is 1.98. The Kier molecular flexibility index (Phi) is 3.51. The second-order valence-electron chi connectivity index (χ2n) is 3.47. The molecule has 3 N–H and O–H groups in total. The van der Waals surface area contributed by atoms with Gasteiger partial charge in [-0.3, -0.25) is 0 Å². The average molecular weight is 213 g/mol. The van der Waals surface area contributed by atoms with Crippen LogP contribution in [0.25, 0.3) is 10.8 Å². The van der Waals surface area contributed by atoms with Crippen molar-refractivity contribution in [1.29, 1.82) is 0 Å². The number of nitrogens with two attached hydrogens (primary N) is 1. The zero-order valence-corrected chi connectivity index (χ0v) is 9.06. The van der Waals surface area contributed by atoms with Crippen molar-refractivity contribution in [3.63, 3.8) is 0 Å². The van der Waals surface area contributed by atoms with Gasteiger partial charge in [0.15, 0.2) is 0 Å². The molecule has 0 aliphatic heterocycles. The van der Waals surface area contributed by atoms with Crippen molar-refractivity contribution in [2.45, 2.75) is 0 Å². The first kappa shape index (κ1) is 10.6. The van der Waals surface area contributed by atoms with Crippen LogP contribution in [0.2, 0.25) is 0 Å². The molecule has 0 fully saturated rings. The van der Waals surface area contributed by atoms with E-state index in [2.05, 4.69) is 22.4 Å². The van der Waals surface area contributed by atoms with Crippen LogP contribution in [-0.2, 0) is 0 Å². The smallest absolute Gasteiger partial charge is 0.134 e. The number of aromatic nitrogens is 1. The third-order valence-corrected chi connectivity index (χ3v) is 2.36. The second-order valence-corrected chi connectivity index (χ2v) is 3.47. The number of rotatable bonds is 4. The van der Waals surface area contributed by atoms with E-state index in [1.165, 1.54) is 5.39 Å². The molecular formula is C13H15N3. The van der Waals surface area contributed by atoms with E-state index < -0.39 is 0 Å². The van der Waals surface area contributed by atoms with E-state index in [1.54, 1.807) is 0 Å². The van der Waals surface area contributed by atoms with Gasteiger partial charge in [-0.1, -0.05) is 36.4 Å². The minimum Gasteiger partial charge on any atom is -0.366 e. The van der Waals surface area contributed by atoms with E-state index in [4.69, 9.17) is 5.73 Å². The van der Waals surface area contributed by atoms with Crippen LogP contribution in [0.1, 0.15) is 0 Å². The highest BCUT2D eigenvalue weighted by Crippen LogP contribution is 2.19. The summed E-state index contributed by atoms with van der Waals surface area (Å²) < 4.78 is 0. The molecule has 0 saturated heterocycles. The molecule has 1 heterocycles. The van der Waals surface area contributed by atoms with Crippen LogP contribution >= 0.6 is 0 Å². The van der Waals surface area contributed by atoms with Gasteiger partial charge in [-0.05, 0) is 11.5 Å². The number of hydrogen-bond donors (Lipinski definition) is 2. The fourth-order valence-corrected chi connectivity index (χ4v) is 1.60. The molecule has 2 rings (SSSR count). The van der Waals surface area contributed by atoms with Crippen LogP contribution in [0.4, 0.5) is 5.82 Å². The van der Waals surface area contributed by atoms with Gasteiger partial charge in [-0.2, -0.15) is 0 Å². The van der Waals surface area contributed by atoms with Crippen molar-refractivity contribution in [2.24, 2.45) is 5.73 Å². The standard InChI is InChI=1S/C13H15N3/c14-8-3-4-9-15-13-12-6-2-1-5-11(12)7-10-16-13/h1-7,10H,8-9,14H2,(H,15,16)/b4-3+. The lowest BCUT2D eigenvalue weighted by molar-refractivity contribution is 1.21. The molecule has 0 amide bonds. The van der Waals surface area contributed by atoms with Crippen LogP contribution in [0.15, 0.2) is 48.7 Å². The van der Waals surface area contributed by atoms with Gasteiger partial charge in [0, 0.05) is 24.7 Å². The Labute approximate surface area is 95.0 Å². The van der Waals surface area contributed by atoms with Crippen molar-refractivity contribution >= 4 is 16.6 Å². The number of nitrogens with zero attached hydrogens (tertiary/aromatic N) is 1. The maximum absolute atomic E-state index is 5.37. The predicted molar refractivity (Wildman–Crippen MR) is 68.4 cm³/mol. The van der Waals surface area contributed by atoms with Gasteiger partial charge >= 0.3 is 0 Å². The fraction of sp³-hybridized carbons (Fsp3) is 0.154. The number of nitrogens with one attached hydrogen (secondary N) is 1. The van der Waals surface area contributed by atoms with Crippen LogP contribution in [0.3, 0.4) is 0 Å². The first-order valence-electron chi connectivity index (χ1n) is 5.34. The zero-order valence-electron chi connectivity index (χ0n) is 9.06. The summed E-state index contributed by atoms with van der Waals surface area (Å²) in [6.07, 6.45) is 5.75. The lowest BCUT2D eigenvalue weighted by Gasteiger charge is -2.06. The highest BCUT2D eigenvalue weighted by molar-refractivity contribution is 5.91. The maximum atomic E-state index is 5.37. The minimum absolute atomic E-state index is 0.574. The molecule has 0 saturated carbocycles. The van der Waals surface area contributed by atoms with Gasteiger partial charge in [0.25, 0.3) is 0 Å². The quantitative estimate of drug-likeness (QED) is 0.765. The van der Waals surface area contributed by atoms with E-state index in [0.29, 0.717) is 6.54 Å². The molecule has 0 aliphatic rings. The molecule has 16 heavy (non-hydrogen) atoms. The van der Waals surface area contributed by atoms with Crippen molar-refractivity contribution in [3.05, 3.63) is 48.7 Å². The van der Waals surface area contributed by atoms with Gasteiger partial charge in [-0.25, -0.2) is 4.98 Å². The summed E-state index contributed by atoms with van der Waals surface area (Å²) in [7, 11) is 0. The predicted octanol–water partition coefficient (Wildman–Crippen LogP) is 2.16. The third kappa shape index (κ3) is 2.38. The molecule has 0 atom stereocenters. The molecule has 2 aromatic rings. The highest BCUT2D eigenvalue weighted by atomic mass is 15.0. The summed E-state index contributed by atoms with van der Waals surface area (Å²) in [5, 5.41) is 5.61.